The normalized spacial score (nSPS) is 19.9. The standard InChI is InChI=1S/C18H19FN2O3S/c19-14-7-5-12(6-8-14)11-15-17(23)21(18(24)25-15)10-9-20-16(22)13-3-1-2-4-13/h5-8,11,13H,1-4,9-10H2,(H,20,22)/b15-11-. The van der Waals surface area contributed by atoms with Crippen molar-refractivity contribution in [3.05, 3.63) is 40.6 Å². The molecule has 0 unspecified atom stereocenters. The van der Waals surface area contributed by atoms with Crippen molar-refractivity contribution in [3.8, 4) is 0 Å². The maximum Gasteiger partial charge on any atom is 0.293 e. The zero-order chi connectivity index (χ0) is 17.8. The van der Waals surface area contributed by atoms with Crippen molar-refractivity contribution in [2.24, 2.45) is 5.92 Å². The van der Waals surface area contributed by atoms with E-state index in [2.05, 4.69) is 5.32 Å². The number of hydrogen-bond donors (Lipinski definition) is 1. The molecule has 2 fully saturated rings. The summed E-state index contributed by atoms with van der Waals surface area (Å²) in [5.74, 6) is -0.669. The quantitative estimate of drug-likeness (QED) is 0.817. The molecule has 0 spiro atoms. The summed E-state index contributed by atoms with van der Waals surface area (Å²) in [5.41, 5.74) is 0.654. The first-order chi connectivity index (χ1) is 12.0. The first-order valence-electron chi connectivity index (χ1n) is 8.33. The number of carbonyl (C=O) groups is 3. The van der Waals surface area contributed by atoms with Gasteiger partial charge in [-0.15, -0.1) is 0 Å². The highest BCUT2D eigenvalue weighted by Crippen LogP contribution is 2.32. The molecule has 1 heterocycles. The van der Waals surface area contributed by atoms with Gasteiger partial charge in [0.05, 0.1) is 4.91 Å². The number of thioether (sulfide) groups is 1. The van der Waals surface area contributed by atoms with Crippen LogP contribution in [0.5, 0.6) is 0 Å². The number of nitrogens with one attached hydrogen (secondary N) is 1. The summed E-state index contributed by atoms with van der Waals surface area (Å²) >= 11 is 0.857. The molecule has 0 bridgehead atoms. The zero-order valence-corrected chi connectivity index (χ0v) is 14.5. The van der Waals surface area contributed by atoms with Gasteiger partial charge in [-0.3, -0.25) is 19.3 Å². The van der Waals surface area contributed by atoms with Crippen LogP contribution < -0.4 is 5.32 Å². The highest BCUT2D eigenvalue weighted by molar-refractivity contribution is 8.18. The molecule has 7 heteroatoms. The molecule has 1 aliphatic heterocycles. The van der Waals surface area contributed by atoms with Crippen LogP contribution in [0.4, 0.5) is 9.18 Å². The Hall–Kier alpha value is -2.15. The third-order valence-corrected chi connectivity index (χ3v) is 5.31. The Kier molecular flexibility index (Phi) is 5.53. The first kappa shape index (κ1) is 17.7. The molecule has 1 aromatic carbocycles. The molecule has 1 aromatic rings. The van der Waals surface area contributed by atoms with Crippen LogP contribution in [0, 0.1) is 11.7 Å². The minimum atomic E-state index is -0.380. The Bertz CT molecular complexity index is 712. The van der Waals surface area contributed by atoms with E-state index in [0.717, 1.165) is 42.3 Å². The molecular weight excluding hydrogens is 343 g/mol. The fourth-order valence-corrected chi connectivity index (χ4v) is 3.89. The zero-order valence-electron chi connectivity index (χ0n) is 13.7. The molecule has 1 saturated heterocycles. The van der Waals surface area contributed by atoms with Crippen LogP contribution in [-0.4, -0.2) is 35.0 Å². The average Bonchev–Trinajstić information content (AvgIpc) is 3.21. The van der Waals surface area contributed by atoms with Gasteiger partial charge in [-0.2, -0.15) is 0 Å². The van der Waals surface area contributed by atoms with Crippen LogP contribution in [0.25, 0.3) is 6.08 Å². The number of benzene rings is 1. The van der Waals surface area contributed by atoms with Gasteiger partial charge in [-0.1, -0.05) is 25.0 Å². The second-order valence-corrected chi connectivity index (χ2v) is 7.15. The fourth-order valence-electron chi connectivity index (χ4n) is 3.03. The Morgan fingerprint density at radius 1 is 1.24 bits per heavy atom. The SMILES string of the molecule is O=C(NCCN1C(=O)S/C(=C\c2ccc(F)cc2)C1=O)C1CCCC1. The van der Waals surface area contributed by atoms with Gasteiger partial charge in [-0.05, 0) is 48.4 Å². The molecule has 0 aromatic heterocycles. The van der Waals surface area contributed by atoms with Gasteiger partial charge in [0.25, 0.3) is 11.1 Å². The summed E-state index contributed by atoms with van der Waals surface area (Å²) in [6, 6.07) is 5.69. The van der Waals surface area contributed by atoms with Crippen LogP contribution in [0.2, 0.25) is 0 Å². The van der Waals surface area contributed by atoms with Crippen molar-refractivity contribution in [1.82, 2.24) is 10.2 Å². The van der Waals surface area contributed by atoms with E-state index in [4.69, 9.17) is 0 Å². The molecule has 132 valence electrons. The summed E-state index contributed by atoms with van der Waals surface area (Å²) in [5, 5.41) is 2.45. The second kappa shape index (κ2) is 7.82. The molecule has 3 amide bonds. The number of nitrogens with zero attached hydrogens (tertiary/aromatic N) is 1. The summed E-state index contributed by atoms with van der Waals surface area (Å²) in [6.45, 7) is 0.418. The van der Waals surface area contributed by atoms with Crippen LogP contribution in [0.3, 0.4) is 0 Å². The van der Waals surface area contributed by atoms with Gasteiger partial charge in [-0.25, -0.2) is 4.39 Å². The van der Waals surface area contributed by atoms with Gasteiger partial charge in [0.1, 0.15) is 5.82 Å². The topological polar surface area (TPSA) is 66.5 Å². The van der Waals surface area contributed by atoms with E-state index < -0.39 is 0 Å². The van der Waals surface area contributed by atoms with Crippen LogP contribution in [0.15, 0.2) is 29.2 Å². The van der Waals surface area contributed by atoms with E-state index in [-0.39, 0.29) is 41.9 Å². The van der Waals surface area contributed by atoms with E-state index in [9.17, 15) is 18.8 Å². The minimum Gasteiger partial charge on any atom is -0.354 e. The van der Waals surface area contributed by atoms with E-state index >= 15 is 0 Å². The lowest BCUT2D eigenvalue weighted by atomic mass is 10.1. The van der Waals surface area contributed by atoms with Crippen molar-refractivity contribution in [1.29, 1.82) is 0 Å². The monoisotopic (exact) mass is 362 g/mol. The highest BCUT2D eigenvalue weighted by atomic mass is 32.2. The lowest BCUT2D eigenvalue weighted by molar-refractivity contribution is -0.126. The average molecular weight is 362 g/mol. The Morgan fingerprint density at radius 2 is 1.92 bits per heavy atom. The van der Waals surface area contributed by atoms with Crippen LogP contribution >= 0.6 is 11.8 Å². The highest BCUT2D eigenvalue weighted by Gasteiger charge is 2.34. The van der Waals surface area contributed by atoms with Gasteiger partial charge in [0.2, 0.25) is 5.91 Å². The second-order valence-electron chi connectivity index (χ2n) is 6.16. The Morgan fingerprint density at radius 3 is 2.60 bits per heavy atom. The van der Waals surface area contributed by atoms with Crippen molar-refractivity contribution in [2.75, 3.05) is 13.1 Å². The summed E-state index contributed by atoms with van der Waals surface area (Å²) < 4.78 is 12.9. The molecule has 0 atom stereocenters. The number of rotatable bonds is 5. The number of imide groups is 1. The smallest absolute Gasteiger partial charge is 0.293 e. The minimum absolute atomic E-state index is 0.00586. The summed E-state index contributed by atoms with van der Waals surface area (Å²) in [6.07, 6.45) is 5.55. The van der Waals surface area contributed by atoms with Gasteiger partial charge < -0.3 is 5.32 Å². The molecular formula is C18H19FN2O3S. The molecule has 1 saturated carbocycles. The fraction of sp³-hybridized carbons (Fsp3) is 0.389. The van der Waals surface area contributed by atoms with Gasteiger partial charge in [0.15, 0.2) is 0 Å². The molecule has 0 radical (unpaired) electrons. The largest absolute Gasteiger partial charge is 0.354 e. The van der Waals surface area contributed by atoms with Crippen molar-refractivity contribution in [2.45, 2.75) is 25.7 Å². The molecule has 2 aliphatic rings. The predicted molar refractivity (Wildman–Crippen MR) is 94.0 cm³/mol. The number of amides is 3. The van der Waals surface area contributed by atoms with Crippen LogP contribution in [-0.2, 0) is 9.59 Å². The number of carbonyl (C=O) groups excluding carboxylic acids is 3. The van der Waals surface area contributed by atoms with E-state index in [1.165, 1.54) is 12.1 Å². The van der Waals surface area contributed by atoms with Crippen molar-refractivity contribution >= 4 is 34.9 Å². The summed E-state index contributed by atoms with van der Waals surface area (Å²) in [7, 11) is 0. The molecule has 5 nitrogen and oxygen atoms in total. The van der Waals surface area contributed by atoms with Gasteiger partial charge in [0, 0.05) is 19.0 Å². The predicted octanol–water partition coefficient (Wildman–Crippen LogP) is 3.17. The van der Waals surface area contributed by atoms with Gasteiger partial charge >= 0.3 is 0 Å². The number of hydrogen-bond acceptors (Lipinski definition) is 4. The number of halogens is 1. The van der Waals surface area contributed by atoms with E-state index in [1.54, 1.807) is 18.2 Å². The third-order valence-electron chi connectivity index (χ3n) is 4.40. The Labute approximate surface area is 149 Å². The molecule has 3 rings (SSSR count). The lowest BCUT2D eigenvalue weighted by Crippen LogP contribution is -2.39. The summed E-state index contributed by atoms with van der Waals surface area (Å²) in [4.78, 5) is 37.8. The van der Waals surface area contributed by atoms with Crippen LogP contribution in [0.1, 0.15) is 31.2 Å². The van der Waals surface area contributed by atoms with Crippen molar-refractivity contribution < 1.29 is 18.8 Å². The third kappa shape index (κ3) is 4.28. The molecule has 1 aliphatic carbocycles. The first-order valence-corrected chi connectivity index (χ1v) is 9.15. The van der Waals surface area contributed by atoms with Crippen molar-refractivity contribution in [3.63, 3.8) is 0 Å². The maximum absolute atomic E-state index is 12.9. The lowest BCUT2D eigenvalue weighted by Gasteiger charge is -2.14. The van der Waals surface area contributed by atoms with E-state index in [1.807, 2.05) is 0 Å². The molecule has 25 heavy (non-hydrogen) atoms. The maximum atomic E-state index is 12.9. The molecule has 1 N–H and O–H groups in total. The Balaban J connectivity index is 1.55. The van der Waals surface area contributed by atoms with E-state index in [0.29, 0.717) is 10.5 Å².